The summed E-state index contributed by atoms with van der Waals surface area (Å²) in [6, 6.07) is 6.07. The van der Waals surface area contributed by atoms with E-state index in [0.29, 0.717) is 24.8 Å². The van der Waals surface area contributed by atoms with Crippen molar-refractivity contribution in [3.05, 3.63) is 28.8 Å². The smallest absolute Gasteiger partial charge is 0.0663 e. The summed E-state index contributed by atoms with van der Waals surface area (Å²) in [5.41, 5.74) is 7.83. The van der Waals surface area contributed by atoms with Crippen LogP contribution in [0.5, 0.6) is 0 Å². The van der Waals surface area contributed by atoms with Gasteiger partial charge in [0.05, 0.1) is 13.2 Å². The molecule has 0 saturated heterocycles. The number of methoxy groups -OCH3 is 2. The molecule has 1 aromatic rings. The molecule has 1 atom stereocenters. The molecule has 2 N–H and O–H groups in total. The van der Waals surface area contributed by atoms with Gasteiger partial charge in [0.2, 0.25) is 0 Å². The van der Waals surface area contributed by atoms with Crippen LogP contribution < -0.4 is 10.6 Å². The second kappa shape index (κ2) is 8.38. The van der Waals surface area contributed by atoms with Crippen LogP contribution in [-0.4, -0.2) is 40.0 Å². The average molecular weight is 287 g/mol. The van der Waals surface area contributed by atoms with Crippen molar-refractivity contribution < 1.29 is 9.47 Å². The Bertz CT molecular complexity index is 388. The molecular formula is C14H23ClN2O2. The molecule has 0 aliphatic rings. The molecule has 0 aliphatic carbocycles. The Morgan fingerprint density at radius 2 is 2.05 bits per heavy atom. The monoisotopic (exact) mass is 286 g/mol. The average Bonchev–Trinajstić information content (AvgIpc) is 2.39. The van der Waals surface area contributed by atoms with Gasteiger partial charge >= 0.3 is 0 Å². The minimum Gasteiger partial charge on any atom is -0.383 e. The molecule has 0 saturated carbocycles. The van der Waals surface area contributed by atoms with Crippen LogP contribution in [-0.2, 0) is 16.0 Å². The third kappa shape index (κ3) is 4.35. The zero-order valence-electron chi connectivity index (χ0n) is 11.9. The Labute approximate surface area is 120 Å². The number of benzene rings is 1. The summed E-state index contributed by atoms with van der Waals surface area (Å²) in [5, 5.41) is 0.701. The van der Waals surface area contributed by atoms with Gasteiger partial charge in [0, 0.05) is 49.6 Å². The first-order valence-corrected chi connectivity index (χ1v) is 6.75. The Hall–Kier alpha value is -0.810. The van der Waals surface area contributed by atoms with Crippen LogP contribution in [0.15, 0.2) is 18.2 Å². The first-order valence-electron chi connectivity index (χ1n) is 6.37. The molecule has 0 aliphatic heterocycles. The second-order valence-electron chi connectivity index (χ2n) is 4.43. The van der Waals surface area contributed by atoms with Gasteiger partial charge in [-0.2, -0.15) is 0 Å². The van der Waals surface area contributed by atoms with Crippen LogP contribution in [0.3, 0.4) is 0 Å². The third-order valence-corrected chi connectivity index (χ3v) is 3.44. The standard InChI is InChI=1S/C14H23ClN2O2/c1-11(10-19-3)17(7-8-18-2)14-6-4-5-13(15)12(14)9-16/h4-6,11H,7-10,16H2,1-3H3. The summed E-state index contributed by atoms with van der Waals surface area (Å²) < 4.78 is 10.4. The highest BCUT2D eigenvalue weighted by molar-refractivity contribution is 6.31. The summed E-state index contributed by atoms with van der Waals surface area (Å²) in [6.07, 6.45) is 0. The first kappa shape index (κ1) is 16.2. The molecule has 1 rings (SSSR count). The molecule has 0 amide bonds. The van der Waals surface area contributed by atoms with Crippen molar-refractivity contribution in [1.82, 2.24) is 0 Å². The van der Waals surface area contributed by atoms with Crippen LogP contribution in [0.4, 0.5) is 5.69 Å². The number of hydrogen-bond donors (Lipinski definition) is 1. The van der Waals surface area contributed by atoms with Crippen molar-refractivity contribution in [2.75, 3.05) is 38.9 Å². The zero-order valence-corrected chi connectivity index (χ0v) is 12.6. The highest BCUT2D eigenvalue weighted by Crippen LogP contribution is 2.28. The van der Waals surface area contributed by atoms with Gasteiger partial charge < -0.3 is 20.1 Å². The molecule has 4 nitrogen and oxygen atoms in total. The summed E-state index contributed by atoms with van der Waals surface area (Å²) in [6.45, 7) is 4.58. The number of ether oxygens (including phenoxy) is 2. The fourth-order valence-corrected chi connectivity index (χ4v) is 2.36. The van der Waals surface area contributed by atoms with Crippen molar-refractivity contribution in [2.24, 2.45) is 5.73 Å². The van der Waals surface area contributed by atoms with Crippen LogP contribution in [0.2, 0.25) is 5.02 Å². The van der Waals surface area contributed by atoms with Gasteiger partial charge in [-0.1, -0.05) is 17.7 Å². The Kier molecular flexibility index (Phi) is 7.16. The Morgan fingerprint density at radius 3 is 2.63 bits per heavy atom. The summed E-state index contributed by atoms with van der Waals surface area (Å²) in [4.78, 5) is 2.22. The van der Waals surface area contributed by atoms with Crippen LogP contribution in [0.1, 0.15) is 12.5 Å². The lowest BCUT2D eigenvalue weighted by atomic mass is 10.1. The van der Waals surface area contributed by atoms with Gasteiger partial charge in [-0.05, 0) is 19.1 Å². The lowest BCUT2D eigenvalue weighted by Gasteiger charge is -2.32. The fourth-order valence-electron chi connectivity index (χ4n) is 2.12. The van der Waals surface area contributed by atoms with Gasteiger partial charge in [-0.3, -0.25) is 0 Å². The second-order valence-corrected chi connectivity index (χ2v) is 4.84. The molecule has 108 valence electrons. The maximum Gasteiger partial charge on any atom is 0.0663 e. The van der Waals surface area contributed by atoms with Crippen molar-refractivity contribution in [2.45, 2.75) is 19.5 Å². The van der Waals surface area contributed by atoms with E-state index in [1.807, 2.05) is 18.2 Å². The number of rotatable bonds is 8. The molecule has 0 aromatic heterocycles. The van der Waals surface area contributed by atoms with Gasteiger partial charge in [-0.25, -0.2) is 0 Å². The van der Waals surface area contributed by atoms with E-state index in [4.69, 9.17) is 26.8 Å². The fraction of sp³-hybridized carbons (Fsp3) is 0.571. The third-order valence-electron chi connectivity index (χ3n) is 3.08. The molecule has 0 heterocycles. The summed E-state index contributed by atoms with van der Waals surface area (Å²) >= 11 is 6.22. The van der Waals surface area contributed by atoms with Crippen molar-refractivity contribution in [3.63, 3.8) is 0 Å². The van der Waals surface area contributed by atoms with Crippen LogP contribution >= 0.6 is 11.6 Å². The predicted molar refractivity (Wildman–Crippen MR) is 79.9 cm³/mol. The maximum atomic E-state index is 6.22. The lowest BCUT2D eigenvalue weighted by molar-refractivity contribution is 0.171. The number of anilines is 1. The normalized spacial score (nSPS) is 12.5. The molecule has 1 unspecified atom stereocenters. The summed E-state index contributed by atoms with van der Waals surface area (Å²) in [5.74, 6) is 0. The molecule has 0 fully saturated rings. The largest absolute Gasteiger partial charge is 0.383 e. The van der Waals surface area contributed by atoms with Crippen molar-refractivity contribution >= 4 is 17.3 Å². The molecule has 19 heavy (non-hydrogen) atoms. The quantitative estimate of drug-likeness (QED) is 0.796. The van der Waals surface area contributed by atoms with E-state index in [0.717, 1.165) is 17.8 Å². The van der Waals surface area contributed by atoms with Crippen LogP contribution in [0, 0.1) is 0 Å². The van der Waals surface area contributed by atoms with Gasteiger partial charge in [-0.15, -0.1) is 0 Å². The number of hydrogen-bond acceptors (Lipinski definition) is 4. The first-order chi connectivity index (χ1) is 9.15. The number of nitrogens with two attached hydrogens (primary N) is 1. The molecular weight excluding hydrogens is 264 g/mol. The molecule has 0 bridgehead atoms. The van der Waals surface area contributed by atoms with E-state index in [1.165, 1.54) is 0 Å². The Balaban J connectivity index is 3.05. The zero-order chi connectivity index (χ0) is 14.3. The molecule has 1 aromatic carbocycles. The van der Waals surface area contributed by atoms with E-state index >= 15 is 0 Å². The minimum absolute atomic E-state index is 0.226. The molecule has 0 spiro atoms. The van der Waals surface area contributed by atoms with Gasteiger partial charge in [0.25, 0.3) is 0 Å². The highest BCUT2D eigenvalue weighted by atomic mass is 35.5. The highest BCUT2D eigenvalue weighted by Gasteiger charge is 2.18. The minimum atomic E-state index is 0.226. The van der Waals surface area contributed by atoms with Crippen LogP contribution in [0.25, 0.3) is 0 Å². The molecule has 5 heteroatoms. The van der Waals surface area contributed by atoms with E-state index in [2.05, 4.69) is 11.8 Å². The number of halogens is 1. The van der Waals surface area contributed by atoms with E-state index < -0.39 is 0 Å². The topological polar surface area (TPSA) is 47.7 Å². The summed E-state index contributed by atoms with van der Waals surface area (Å²) in [7, 11) is 3.40. The SMILES string of the molecule is COCCN(c1cccc(Cl)c1CN)C(C)COC. The van der Waals surface area contributed by atoms with Crippen molar-refractivity contribution in [1.29, 1.82) is 0 Å². The van der Waals surface area contributed by atoms with Crippen molar-refractivity contribution in [3.8, 4) is 0 Å². The number of nitrogens with zero attached hydrogens (tertiary/aromatic N) is 1. The molecule has 0 radical (unpaired) electrons. The van der Waals surface area contributed by atoms with Gasteiger partial charge in [0.15, 0.2) is 0 Å². The van der Waals surface area contributed by atoms with E-state index in [9.17, 15) is 0 Å². The Morgan fingerprint density at radius 1 is 1.32 bits per heavy atom. The lowest BCUT2D eigenvalue weighted by Crippen LogP contribution is -2.39. The van der Waals surface area contributed by atoms with E-state index in [-0.39, 0.29) is 6.04 Å². The van der Waals surface area contributed by atoms with E-state index in [1.54, 1.807) is 14.2 Å². The maximum absolute atomic E-state index is 6.22. The van der Waals surface area contributed by atoms with Gasteiger partial charge in [0.1, 0.15) is 0 Å². The predicted octanol–water partition coefficient (Wildman–Crippen LogP) is 2.29.